The van der Waals surface area contributed by atoms with E-state index in [4.69, 9.17) is 28.9 Å². The number of nitrogens with one attached hydrogen (secondary N) is 1. The third-order valence-electron chi connectivity index (χ3n) is 2.85. The Kier molecular flexibility index (Phi) is 4.75. The molecule has 1 atom stereocenters. The van der Waals surface area contributed by atoms with Crippen LogP contribution in [-0.4, -0.2) is 6.54 Å². The summed E-state index contributed by atoms with van der Waals surface area (Å²) in [6.45, 7) is 7.47. The molecule has 0 bridgehead atoms. The summed E-state index contributed by atoms with van der Waals surface area (Å²) in [5.74, 6) is 1.21. The van der Waals surface area contributed by atoms with Crippen LogP contribution in [-0.2, 0) is 0 Å². The van der Waals surface area contributed by atoms with Gasteiger partial charge in [0.25, 0.3) is 0 Å². The highest BCUT2D eigenvalue weighted by molar-refractivity contribution is 6.42. The zero-order valence-corrected chi connectivity index (χ0v) is 11.4. The zero-order valence-electron chi connectivity index (χ0n) is 9.85. The second kappa shape index (κ2) is 5.65. The number of rotatable bonds is 4. The predicted octanol–water partition coefficient (Wildman–Crippen LogP) is 4.28. The third kappa shape index (κ3) is 3.46. The Bertz CT molecular complexity index is 364. The van der Waals surface area contributed by atoms with Gasteiger partial charge in [-0.3, -0.25) is 0 Å². The van der Waals surface area contributed by atoms with Gasteiger partial charge in [0.1, 0.15) is 0 Å². The smallest absolute Gasteiger partial charge is 0.0614 e. The summed E-state index contributed by atoms with van der Waals surface area (Å²) in [7, 11) is 0. The number of hydrogen-bond donors (Lipinski definition) is 2. The molecule has 1 aromatic carbocycles. The van der Waals surface area contributed by atoms with Crippen LogP contribution in [0.4, 0.5) is 11.4 Å². The van der Waals surface area contributed by atoms with E-state index in [1.807, 2.05) is 0 Å². The van der Waals surface area contributed by atoms with Gasteiger partial charge in [-0.2, -0.15) is 0 Å². The largest absolute Gasteiger partial charge is 0.397 e. The molecule has 0 radical (unpaired) electrons. The van der Waals surface area contributed by atoms with E-state index in [1.54, 1.807) is 12.1 Å². The molecule has 0 aromatic heterocycles. The maximum Gasteiger partial charge on any atom is 0.0614 e. The molecule has 0 saturated carbocycles. The lowest BCUT2D eigenvalue weighted by atomic mass is 9.98. The summed E-state index contributed by atoms with van der Waals surface area (Å²) < 4.78 is 0. The maximum absolute atomic E-state index is 5.94. The molecule has 0 aliphatic carbocycles. The Morgan fingerprint density at radius 2 is 1.75 bits per heavy atom. The first-order chi connectivity index (χ1) is 7.41. The van der Waals surface area contributed by atoms with E-state index in [-0.39, 0.29) is 0 Å². The van der Waals surface area contributed by atoms with Gasteiger partial charge in [-0.15, -0.1) is 0 Å². The maximum atomic E-state index is 5.94. The van der Waals surface area contributed by atoms with Crippen molar-refractivity contribution < 1.29 is 0 Å². The minimum Gasteiger partial charge on any atom is -0.397 e. The van der Waals surface area contributed by atoms with Gasteiger partial charge < -0.3 is 11.1 Å². The number of hydrogen-bond acceptors (Lipinski definition) is 2. The van der Waals surface area contributed by atoms with Gasteiger partial charge in [-0.1, -0.05) is 44.0 Å². The topological polar surface area (TPSA) is 38.0 Å². The average molecular weight is 261 g/mol. The van der Waals surface area contributed by atoms with Crippen LogP contribution < -0.4 is 11.1 Å². The Morgan fingerprint density at radius 3 is 2.31 bits per heavy atom. The van der Waals surface area contributed by atoms with Crippen LogP contribution in [0.2, 0.25) is 10.0 Å². The Balaban J connectivity index is 2.71. The highest BCUT2D eigenvalue weighted by Gasteiger charge is 2.09. The molecule has 0 aliphatic rings. The van der Waals surface area contributed by atoms with Gasteiger partial charge >= 0.3 is 0 Å². The van der Waals surface area contributed by atoms with E-state index in [2.05, 4.69) is 26.1 Å². The molecule has 3 N–H and O–H groups in total. The summed E-state index contributed by atoms with van der Waals surface area (Å²) in [6, 6.07) is 3.44. The van der Waals surface area contributed by atoms with Crippen molar-refractivity contribution in [3.63, 3.8) is 0 Å². The third-order valence-corrected chi connectivity index (χ3v) is 3.57. The van der Waals surface area contributed by atoms with E-state index in [9.17, 15) is 0 Å². The van der Waals surface area contributed by atoms with Gasteiger partial charge in [0.2, 0.25) is 0 Å². The number of anilines is 2. The quantitative estimate of drug-likeness (QED) is 0.794. The van der Waals surface area contributed by atoms with Crippen LogP contribution in [0.1, 0.15) is 20.8 Å². The molecule has 1 aromatic rings. The summed E-state index contributed by atoms with van der Waals surface area (Å²) >= 11 is 11.8. The van der Waals surface area contributed by atoms with E-state index < -0.39 is 0 Å². The first-order valence-corrected chi connectivity index (χ1v) is 6.15. The van der Waals surface area contributed by atoms with Gasteiger partial charge in [0, 0.05) is 6.54 Å². The van der Waals surface area contributed by atoms with Crippen LogP contribution in [0, 0.1) is 11.8 Å². The molecule has 1 rings (SSSR count). The average Bonchev–Trinajstić information content (AvgIpc) is 2.20. The van der Waals surface area contributed by atoms with E-state index in [0.717, 1.165) is 12.2 Å². The van der Waals surface area contributed by atoms with E-state index in [1.165, 1.54) is 0 Å². The fourth-order valence-corrected chi connectivity index (χ4v) is 1.56. The molecule has 4 heteroatoms. The van der Waals surface area contributed by atoms with Crippen molar-refractivity contribution in [2.75, 3.05) is 17.6 Å². The molecule has 0 heterocycles. The van der Waals surface area contributed by atoms with Crippen LogP contribution >= 0.6 is 23.2 Å². The van der Waals surface area contributed by atoms with Crippen LogP contribution in [0.25, 0.3) is 0 Å². The zero-order chi connectivity index (χ0) is 12.3. The molecule has 0 saturated heterocycles. The lowest BCUT2D eigenvalue weighted by molar-refractivity contribution is 0.440. The molecule has 1 unspecified atom stereocenters. The highest BCUT2D eigenvalue weighted by Crippen LogP contribution is 2.30. The molecular formula is C12H18Cl2N2. The molecule has 0 aliphatic heterocycles. The number of benzene rings is 1. The molecule has 0 amide bonds. The Hall–Kier alpha value is -0.600. The standard InChI is InChI=1S/C12H18Cl2N2/c1-7(2)8(3)6-16-12-5-10(14)9(13)4-11(12)15/h4-5,7-8,16H,6,15H2,1-3H3. The number of nitrogen functional groups attached to an aromatic ring is 1. The van der Waals surface area contributed by atoms with Crippen LogP contribution in [0.5, 0.6) is 0 Å². The van der Waals surface area contributed by atoms with Crippen molar-refractivity contribution in [3.05, 3.63) is 22.2 Å². The number of nitrogens with two attached hydrogens (primary N) is 1. The Labute approximate surface area is 107 Å². The van der Waals surface area contributed by atoms with Crippen molar-refractivity contribution in [2.24, 2.45) is 11.8 Å². The van der Waals surface area contributed by atoms with Crippen LogP contribution in [0.3, 0.4) is 0 Å². The molecule has 0 spiro atoms. The second-order valence-corrected chi connectivity index (χ2v) is 5.27. The van der Waals surface area contributed by atoms with E-state index in [0.29, 0.717) is 27.6 Å². The van der Waals surface area contributed by atoms with Crippen molar-refractivity contribution in [1.29, 1.82) is 0 Å². The normalized spacial score (nSPS) is 12.9. The first-order valence-electron chi connectivity index (χ1n) is 5.40. The SMILES string of the molecule is CC(C)C(C)CNc1cc(Cl)c(Cl)cc1N. The van der Waals surface area contributed by atoms with Gasteiger partial charge in [-0.05, 0) is 24.0 Å². The molecule has 90 valence electrons. The Morgan fingerprint density at radius 1 is 1.19 bits per heavy atom. The van der Waals surface area contributed by atoms with E-state index >= 15 is 0 Å². The summed E-state index contributed by atoms with van der Waals surface area (Å²) in [6.07, 6.45) is 0. The van der Waals surface area contributed by atoms with Crippen LogP contribution in [0.15, 0.2) is 12.1 Å². The minimum absolute atomic E-state index is 0.488. The lowest BCUT2D eigenvalue weighted by Gasteiger charge is -2.18. The van der Waals surface area contributed by atoms with Gasteiger partial charge in [0.05, 0.1) is 21.4 Å². The summed E-state index contributed by atoms with van der Waals surface area (Å²) in [4.78, 5) is 0. The molecular weight excluding hydrogens is 243 g/mol. The molecule has 0 fully saturated rings. The fraction of sp³-hybridized carbons (Fsp3) is 0.500. The summed E-state index contributed by atoms with van der Waals surface area (Å²) in [5.41, 5.74) is 7.33. The van der Waals surface area contributed by atoms with Crippen molar-refractivity contribution in [2.45, 2.75) is 20.8 Å². The monoisotopic (exact) mass is 260 g/mol. The second-order valence-electron chi connectivity index (χ2n) is 4.46. The number of halogens is 2. The van der Waals surface area contributed by atoms with Crippen molar-refractivity contribution in [1.82, 2.24) is 0 Å². The van der Waals surface area contributed by atoms with Gasteiger partial charge in [0.15, 0.2) is 0 Å². The lowest BCUT2D eigenvalue weighted by Crippen LogP contribution is -2.16. The molecule has 16 heavy (non-hydrogen) atoms. The van der Waals surface area contributed by atoms with Crippen molar-refractivity contribution >= 4 is 34.6 Å². The molecule has 2 nitrogen and oxygen atoms in total. The predicted molar refractivity (Wildman–Crippen MR) is 73.4 cm³/mol. The fourth-order valence-electron chi connectivity index (χ4n) is 1.22. The summed E-state index contributed by atoms with van der Waals surface area (Å²) in [5, 5.41) is 4.31. The highest BCUT2D eigenvalue weighted by atomic mass is 35.5. The minimum atomic E-state index is 0.488. The van der Waals surface area contributed by atoms with Crippen molar-refractivity contribution in [3.8, 4) is 0 Å². The van der Waals surface area contributed by atoms with Gasteiger partial charge in [-0.25, -0.2) is 0 Å². The first kappa shape index (κ1) is 13.5.